The van der Waals surface area contributed by atoms with Gasteiger partial charge in [-0.3, -0.25) is 4.79 Å². The van der Waals surface area contributed by atoms with Crippen LogP contribution in [0.15, 0.2) is 43.0 Å². The van der Waals surface area contributed by atoms with E-state index >= 15 is 0 Å². The van der Waals surface area contributed by atoms with Crippen LogP contribution in [0.4, 0.5) is 4.79 Å². The summed E-state index contributed by atoms with van der Waals surface area (Å²) < 4.78 is 16.5. The number of hydrogen-bond acceptors (Lipinski definition) is 5. The van der Waals surface area contributed by atoms with Gasteiger partial charge >= 0.3 is 6.09 Å². The van der Waals surface area contributed by atoms with Crippen molar-refractivity contribution in [3.8, 4) is 0 Å². The molecule has 2 heterocycles. The minimum Gasteiger partial charge on any atom is -0.447 e. The van der Waals surface area contributed by atoms with Crippen LogP contribution in [0.1, 0.15) is 38.2 Å². The number of carbonyl (C=O) groups is 2. The van der Waals surface area contributed by atoms with Gasteiger partial charge in [-0.25, -0.2) is 9.69 Å². The van der Waals surface area contributed by atoms with Crippen LogP contribution in [0.2, 0.25) is 0 Å². The summed E-state index contributed by atoms with van der Waals surface area (Å²) in [4.78, 5) is 26.8. The summed E-state index contributed by atoms with van der Waals surface area (Å²) in [5, 5.41) is 0. The molecule has 0 N–H and O–H groups in total. The van der Waals surface area contributed by atoms with Gasteiger partial charge in [0.25, 0.3) is 0 Å². The number of nitrogens with zero attached hydrogens (tertiary/aromatic N) is 1. The van der Waals surface area contributed by atoms with E-state index in [-0.39, 0.29) is 24.5 Å². The first kappa shape index (κ1) is 20.6. The lowest BCUT2D eigenvalue weighted by Gasteiger charge is -2.26. The fourth-order valence-corrected chi connectivity index (χ4v) is 3.88. The van der Waals surface area contributed by atoms with E-state index in [1.165, 1.54) is 4.90 Å². The molecule has 6 nitrogen and oxygen atoms in total. The number of allylic oxidation sites excluding steroid dienone is 1. The van der Waals surface area contributed by atoms with Crippen molar-refractivity contribution < 1.29 is 23.8 Å². The number of hydrogen-bond donors (Lipinski definition) is 0. The Balaban J connectivity index is 1.62. The molecule has 2 atom stereocenters. The summed E-state index contributed by atoms with van der Waals surface area (Å²) in [6.07, 6.45) is 4.45. The van der Waals surface area contributed by atoms with Crippen molar-refractivity contribution in [2.45, 2.75) is 50.9 Å². The van der Waals surface area contributed by atoms with Crippen LogP contribution in [0, 0.1) is 5.92 Å². The summed E-state index contributed by atoms with van der Waals surface area (Å²) in [5.41, 5.74) is 1.08. The molecule has 0 bridgehead atoms. The second-order valence-electron chi connectivity index (χ2n) is 7.57. The monoisotopic (exact) mass is 387 g/mol. The van der Waals surface area contributed by atoms with Gasteiger partial charge in [0.05, 0.1) is 19.3 Å². The molecule has 152 valence electrons. The number of rotatable bonds is 9. The Morgan fingerprint density at radius 2 is 2.04 bits per heavy atom. The molecular weight excluding hydrogens is 358 g/mol. The average molecular weight is 387 g/mol. The fraction of sp³-hybridized carbons (Fsp3) is 0.545. The first-order valence-corrected chi connectivity index (χ1v) is 9.95. The maximum absolute atomic E-state index is 13.2. The molecule has 2 aliphatic rings. The molecule has 2 amide bonds. The maximum Gasteiger partial charge on any atom is 0.416 e. The second kappa shape index (κ2) is 9.34. The van der Waals surface area contributed by atoms with Crippen molar-refractivity contribution in [3.63, 3.8) is 0 Å². The first-order valence-electron chi connectivity index (χ1n) is 9.95. The lowest BCUT2D eigenvalue weighted by atomic mass is 9.94. The third kappa shape index (κ3) is 5.00. The molecule has 0 radical (unpaired) electrons. The molecule has 0 aliphatic carbocycles. The van der Waals surface area contributed by atoms with Crippen LogP contribution in [0.3, 0.4) is 0 Å². The number of cyclic esters (lactones) is 1. The molecule has 0 saturated carbocycles. The molecule has 1 aromatic rings. The fourth-order valence-electron chi connectivity index (χ4n) is 3.88. The quantitative estimate of drug-likeness (QED) is 0.605. The summed E-state index contributed by atoms with van der Waals surface area (Å²) >= 11 is 0. The van der Waals surface area contributed by atoms with E-state index < -0.39 is 11.9 Å². The van der Waals surface area contributed by atoms with Gasteiger partial charge in [-0.15, -0.1) is 6.58 Å². The Bertz CT molecular complexity index is 683. The number of amides is 2. The van der Waals surface area contributed by atoms with E-state index in [9.17, 15) is 9.59 Å². The van der Waals surface area contributed by atoms with E-state index in [1.54, 1.807) is 6.08 Å². The molecule has 3 rings (SSSR count). The van der Waals surface area contributed by atoms with Crippen molar-refractivity contribution in [3.05, 3.63) is 48.6 Å². The molecular formula is C22H29NO5. The van der Waals surface area contributed by atoms with Crippen LogP contribution in [0.5, 0.6) is 0 Å². The Kier molecular flexibility index (Phi) is 6.86. The molecule has 28 heavy (non-hydrogen) atoms. The topological polar surface area (TPSA) is 65.1 Å². The van der Waals surface area contributed by atoms with Crippen LogP contribution in [0.25, 0.3) is 0 Å². The molecule has 2 aliphatic heterocycles. The molecule has 2 saturated heterocycles. The number of imide groups is 1. The van der Waals surface area contributed by atoms with Crippen molar-refractivity contribution in [1.29, 1.82) is 0 Å². The highest BCUT2D eigenvalue weighted by atomic mass is 16.7. The van der Waals surface area contributed by atoms with Crippen LogP contribution >= 0.6 is 0 Å². The lowest BCUT2D eigenvalue weighted by Crippen LogP contribution is -2.43. The smallest absolute Gasteiger partial charge is 0.416 e. The Morgan fingerprint density at radius 1 is 1.32 bits per heavy atom. The first-order chi connectivity index (χ1) is 13.5. The van der Waals surface area contributed by atoms with Crippen molar-refractivity contribution >= 4 is 12.0 Å². The van der Waals surface area contributed by atoms with E-state index in [4.69, 9.17) is 14.2 Å². The second-order valence-corrected chi connectivity index (χ2v) is 7.57. The SMILES string of the molecule is C=CCC(CCCC1(C)OCCO1)C(=O)N1C(=O)OCC1Cc1ccccc1. The summed E-state index contributed by atoms with van der Waals surface area (Å²) in [6, 6.07) is 9.57. The van der Waals surface area contributed by atoms with Crippen LogP contribution in [-0.2, 0) is 25.4 Å². The maximum atomic E-state index is 13.2. The number of benzene rings is 1. The summed E-state index contributed by atoms with van der Waals surface area (Å²) in [6.45, 7) is 7.15. The van der Waals surface area contributed by atoms with Crippen molar-refractivity contribution in [2.24, 2.45) is 5.92 Å². The molecule has 0 spiro atoms. The molecule has 6 heteroatoms. The van der Waals surface area contributed by atoms with E-state index in [0.29, 0.717) is 38.9 Å². The van der Waals surface area contributed by atoms with Gasteiger partial charge in [0.1, 0.15) is 6.61 Å². The zero-order valence-electron chi connectivity index (χ0n) is 16.5. The number of ether oxygens (including phenoxy) is 3. The van der Waals surface area contributed by atoms with Gasteiger partial charge < -0.3 is 14.2 Å². The highest BCUT2D eigenvalue weighted by Crippen LogP contribution is 2.28. The number of carbonyl (C=O) groups excluding carboxylic acids is 2. The van der Waals surface area contributed by atoms with Crippen LogP contribution in [-0.4, -0.2) is 48.5 Å². The van der Waals surface area contributed by atoms with Crippen molar-refractivity contribution in [1.82, 2.24) is 4.90 Å². The minimum atomic E-state index is -0.565. The molecule has 0 aromatic heterocycles. The zero-order valence-corrected chi connectivity index (χ0v) is 16.5. The van der Waals surface area contributed by atoms with E-state index in [0.717, 1.165) is 12.0 Å². The third-order valence-electron chi connectivity index (χ3n) is 5.39. The van der Waals surface area contributed by atoms with Gasteiger partial charge in [-0.2, -0.15) is 0 Å². The third-order valence-corrected chi connectivity index (χ3v) is 5.39. The van der Waals surface area contributed by atoms with Crippen molar-refractivity contribution in [2.75, 3.05) is 19.8 Å². The summed E-state index contributed by atoms with van der Waals surface area (Å²) in [5.74, 6) is -1.04. The largest absolute Gasteiger partial charge is 0.447 e. The molecule has 2 unspecified atom stereocenters. The Hall–Kier alpha value is -2.18. The normalized spacial score (nSPS) is 22.1. The highest BCUT2D eigenvalue weighted by Gasteiger charge is 2.40. The molecule has 1 aromatic carbocycles. The van der Waals surface area contributed by atoms with Gasteiger partial charge in [-0.05, 0) is 38.2 Å². The zero-order chi connectivity index (χ0) is 20.0. The van der Waals surface area contributed by atoms with E-state index in [2.05, 4.69) is 6.58 Å². The Morgan fingerprint density at radius 3 is 2.71 bits per heavy atom. The lowest BCUT2D eigenvalue weighted by molar-refractivity contribution is -0.149. The van der Waals surface area contributed by atoms with Gasteiger partial charge in [0.15, 0.2) is 5.79 Å². The van der Waals surface area contributed by atoms with Crippen LogP contribution < -0.4 is 0 Å². The Labute approximate surface area is 166 Å². The minimum absolute atomic E-state index is 0.179. The predicted molar refractivity (Wildman–Crippen MR) is 105 cm³/mol. The molecule has 2 fully saturated rings. The highest BCUT2D eigenvalue weighted by molar-refractivity contribution is 5.94. The van der Waals surface area contributed by atoms with Gasteiger partial charge in [0.2, 0.25) is 5.91 Å². The van der Waals surface area contributed by atoms with Gasteiger partial charge in [-0.1, -0.05) is 36.4 Å². The average Bonchev–Trinajstić information content (AvgIpc) is 3.27. The summed E-state index contributed by atoms with van der Waals surface area (Å²) in [7, 11) is 0. The predicted octanol–water partition coefficient (Wildman–Crippen LogP) is 3.70. The van der Waals surface area contributed by atoms with Gasteiger partial charge in [0, 0.05) is 12.3 Å². The van der Waals surface area contributed by atoms with E-state index in [1.807, 2.05) is 37.3 Å². The standard InChI is InChI=1S/C22H29NO5/c1-3-8-18(11-7-12-22(2)27-13-14-28-22)20(24)23-19(16-26-21(23)25)15-17-9-5-4-6-10-17/h3-6,9-10,18-19H,1,7-8,11-16H2,2H3.